The first-order chi connectivity index (χ1) is 13.2. The summed E-state index contributed by atoms with van der Waals surface area (Å²) < 4.78 is 10.5. The highest BCUT2D eigenvalue weighted by atomic mass is 16.7. The van der Waals surface area contributed by atoms with Gasteiger partial charge in [0.15, 0.2) is 11.5 Å². The number of carbonyl (C=O) groups excluding carboxylic acids is 1. The summed E-state index contributed by atoms with van der Waals surface area (Å²) in [6, 6.07) is 16.4. The lowest BCUT2D eigenvalue weighted by Crippen LogP contribution is -2.25. The smallest absolute Gasteiger partial charge is 0.259 e. The molecule has 1 amide bonds. The number of anilines is 1. The lowest BCUT2D eigenvalue weighted by Gasteiger charge is -2.07. The van der Waals surface area contributed by atoms with Crippen LogP contribution in [0.2, 0.25) is 0 Å². The van der Waals surface area contributed by atoms with E-state index in [0.29, 0.717) is 17.1 Å². The fraction of sp³-hybridized carbons (Fsp3) is 0.100. The molecule has 3 N–H and O–H groups in total. The minimum Gasteiger partial charge on any atom is -0.507 e. The molecule has 0 aromatic heterocycles. The second-order valence-corrected chi connectivity index (χ2v) is 5.93. The summed E-state index contributed by atoms with van der Waals surface area (Å²) in [4.78, 5) is 12.0. The third-order valence-electron chi connectivity index (χ3n) is 4.16. The van der Waals surface area contributed by atoms with Gasteiger partial charge in [-0.1, -0.05) is 30.3 Å². The molecule has 1 aliphatic heterocycles. The van der Waals surface area contributed by atoms with Crippen molar-refractivity contribution in [3.05, 3.63) is 60.2 Å². The Morgan fingerprint density at radius 3 is 2.89 bits per heavy atom. The molecule has 0 unspecified atom stereocenters. The first-order valence-corrected chi connectivity index (χ1v) is 8.37. The highest BCUT2D eigenvalue weighted by Crippen LogP contribution is 2.34. The fourth-order valence-corrected chi connectivity index (χ4v) is 2.82. The molecular formula is C20H17N3O4. The molecular weight excluding hydrogens is 346 g/mol. The molecule has 0 bridgehead atoms. The van der Waals surface area contributed by atoms with Gasteiger partial charge in [-0.15, -0.1) is 0 Å². The highest BCUT2D eigenvalue weighted by Gasteiger charge is 2.13. The van der Waals surface area contributed by atoms with Crippen LogP contribution in [0.15, 0.2) is 59.7 Å². The average Bonchev–Trinajstić information content (AvgIpc) is 3.16. The zero-order chi connectivity index (χ0) is 18.6. The van der Waals surface area contributed by atoms with Gasteiger partial charge < -0.3 is 19.9 Å². The Hall–Kier alpha value is -3.74. The number of fused-ring (bicyclic) bond motifs is 2. The molecule has 7 heteroatoms. The van der Waals surface area contributed by atoms with Gasteiger partial charge in [0.2, 0.25) is 6.79 Å². The molecule has 0 aliphatic carbocycles. The van der Waals surface area contributed by atoms with E-state index in [0.717, 1.165) is 16.5 Å². The number of ether oxygens (including phenoxy) is 2. The summed E-state index contributed by atoms with van der Waals surface area (Å²) in [6.45, 7) is 0.244. The van der Waals surface area contributed by atoms with Gasteiger partial charge in [0, 0.05) is 17.3 Å². The molecule has 0 fully saturated rings. The molecule has 0 atom stereocenters. The van der Waals surface area contributed by atoms with Gasteiger partial charge in [-0.2, -0.15) is 5.10 Å². The minimum atomic E-state index is -0.316. The number of aromatic hydroxyl groups is 1. The minimum absolute atomic E-state index is 0.0402. The van der Waals surface area contributed by atoms with Crippen LogP contribution < -0.4 is 20.2 Å². The quantitative estimate of drug-likeness (QED) is 0.479. The molecule has 3 aromatic rings. The Labute approximate surface area is 155 Å². The number of phenolic OH excluding ortho intramolecular Hbond substituents is 1. The summed E-state index contributed by atoms with van der Waals surface area (Å²) in [5.74, 6) is 1.11. The number of hydrogen-bond acceptors (Lipinski definition) is 6. The van der Waals surface area contributed by atoms with Gasteiger partial charge in [-0.25, -0.2) is 5.43 Å². The van der Waals surface area contributed by atoms with Crippen LogP contribution in [-0.4, -0.2) is 30.6 Å². The topological polar surface area (TPSA) is 92.2 Å². The van der Waals surface area contributed by atoms with Crippen molar-refractivity contribution in [2.24, 2.45) is 5.10 Å². The van der Waals surface area contributed by atoms with Crippen LogP contribution in [0.5, 0.6) is 17.2 Å². The van der Waals surface area contributed by atoms with E-state index in [2.05, 4.69) is 15.8 Å². The Morgan fingerprint density at radius 2 is 1.96 bits per heavy atom. The van der Waals surface area contributed by atoms with Crippen molar-refractivity contribution >= 4 is 28.6 Å². The van der Waals surface area contributed by atoms with Crippen LogP contribution in [0.25, 0.3) is 10.8 Å². The summed E-state index contributed by atoms with van der Waals surface area (Å²) in [7, 11) is 0. The summed E-state index contributed by atoms with van der Waals surface area (Å²) in [5, 5.41) is 18.8. The number of nitrogens with one attached hydrogen (secondary N) is 2. The lowest BCUT2D eigenvalue weighted by molar-refractivity contribution is -0.119. The highest BCUT2D eigenvalue weighted by molar-refractivity contribution is 6.02. The van der Waals surface area contributed by atoms with Gasteiger partial charge in [0.25, 0.3) is 5.91 Å². The molecule has 1 heterocycles. The molecule has 0 saturated carbocycles. The van der Waals surface area contributed by atoms with Crippen molar-refractivity contribution in [3.8, 4) is 17.2 Å². The maximum absolute atomic E-state index is 12.0. The number of amides is 1. The molecule has 0 saturated heterocycles. The van der Waals surface area contributed by atoms with Gasteiger partial charge >= 0.3 is 0 Å². The molecule has 3 aromatic carbocycles. The maximum atomic E-state index is 12.0. The average molecular weight is 363 g/mol. The molecule has 27 heavy (non-hydrogen) atoms. The zero-order valence-corrected chi connectivity index (χ0v) is 14.3. The van der Waals surface area contributed by atoms with Crippen LogP contribution in [0.1, 0.15) is 5.56 Å². The van der Waals surface area contributed by atoms with E-state index in [1.54, 1.807) is 24.3 Å². The Balaban J connectivity index is 1.37. The van der Waals surface area contributed by atoms with E-state index < -0.39 is 0 Å². The van der Waals surface area contributed by atoms with Crippen molar-refractivity contribution in [2.75, 3.05) is 18.7 Å². The number of hydrazone groups is 1. The van der Waals surface area contributed by atoms with E-state index in [1.807, 2.05) is 30.3 Å². The normalized spacial score (nSPS) is 12.4. The first kappa shape index (κ1) is 16.7. The van der Waals surface area contributed by atoms with Crippen LogP contribution in [-0.2, 0) is 4.79 Å². The molecule has 0 radical (unpaired) electrons. The predicted octanol–water partition coefficient (Wildman–Crippen LogP) is 2.84. The number of carbonyl (C=O) groups is 1. The number of benzene rings is 3. The number of nitrogens with zero attached hydrogens (tertiary/aromatic N) is 1. The molecule has 136 valence electrons. The summed E-state index contributed by atoms with van der Waals surface area (Å²) in [5.41, 5.74) is 3.74. The van der Waals surface area contributed by atoms with Crippen molar-refractivity contribution in [1.82, 2.24) is 5.43 Å². The number of rotatable bonds is 5. The Morgan fingerprint density at radius 1 is 1.11 bits per heavy atom. The van der Waals surface area contributed by atoms with Gasteiger partial charge in [0.1, 0.15) is 5.75 Å². The molecule has 4 rings (SSSR count). The van der Waals surface area contributed by atoms with Crippen molar-refractivity contribution < 1.29 is 19.4 Å². The SMILES string of the molecule is O=C(CNc1ccc2c(c1)OCO2)N/N=C/c1c(O)ccc2ccccc12. The van der Waals surface area contributed by atoms with E-state index in [1.165, 1.54) is 6.21 Å². The predicted molar refractivity (Wildman–Crippen MR) is 102 cm³/mol. The van der Waals surface area contributed by atoms with E-state index in [4.69, 9.17) is 9.47 Å². The van der Waals surface area contributed by atoms with Crippen LogP contribution >= 0.6 is 0 Å². The number of hydrogen-bond donors (Lipinski definition) is 3. The third kappa shape index (κ3) is 3.62. The second kappa shape index (κ2) is 7.25. The standard InChI is InChI=1S/C20H17N3O4/c24-17-7-5-13-3-1-2-4-15(13)16(17)10-22-23-20(25)11-21-14-6-8-18-19(9-14)27-12-26-18/h1-10,21,24H,11-12H2,(H,23,25)/b22-10+. The number of phenols is 1. The summed E-state index contributed by atoms with van der Waals surface area (Å²) >= 11 is 0. The maximum Gasteiger partial charge on any atom is 0.259 e. The first-order valence-electron chi connectivity index (χ1n) is 8.37. The van der Waals surface area contributed by atoms with Crippen LogP contribution in [0.3, 0.4) is 0 Å². The van der Waals surface area contributed by atoms with Crippen molar-refractivity contribution in [3.63, 3.8) is 0 Å². The third-order valence-corrected chi connectivity index (χ3v) is 4.16. The fourth-order valence-electron chi connectivity index (χ4n) is 2.82. The Bertz CT molecular complexity index is 1030. The lowest BCUT2D eigenvalue weighted by atomic mass is 10.0. The van der Waals surface area contributed by atoms with Gasteiger partial charge in [-0.3, -0.25) is 4.79 Å². The van der Waals surface area contributed by atoms with Gasteiger partial charge in [-0.05, 0) is 29.0 Å². The van der Waals surface area contributed by atoms with Crippen molar-refractivity contribution in [1.29, 1.82) is 0 Å². The zero-order valence-electron chi connectivity index (χ0n) is 14.3. The molecule has 0 spiro atoms. The summed E-state index contributed by atoms with van der Waals surface area (Å²) in [6.07, 6.45) is 1.44. The van der Waals surface area contributed by atoms with E-state index in [-0.39, 0.29) is 25.0 Å². The largest absolute Gasteiger partial charge is 0.507 e. The van der Waals surface area contributed by atoms with Crippen molar-refractivity contribution in [2.45, 2.75) is 0 Å². The van der Waals surface area contributed by atoms with E-state index in [9.17, 15) is 9.90 Å². The second-order valence-electron chi connectivity index (χ2n) is 5.93. The monoisotopic (exact) mass is 363 g/mol. The Kier molecular flexibility index (Phi) is 4.49. The van der Waals surface area contributed by atoms with Crippen LogP contribution in [0.4, 0.5) is 5.69 Å². The van der Waals surface area contributed by atoms with Crippen LogP contribution in [0, 0.1) is 0 Å². The molecule has 1 aliphatic rings. The van der Waals surface area contributed by atoms with E-state index >= 15 is 0 Å². The molecule has 7 nitrogen and oxygen atoms in total. The van der Waals surface area contributed by atoms with Gasteiger partial charge in [0.05, 0.1) is 12.8 Å².